The van der Waals surface area contributed by atoms with Crippen LogP contribution in [-0.4, -0.2) is 53.5 Å². The standard InChI is InChI=1S/C25H25N5O2/c1-32-22-10-8-18(9-11-22)23-7-2-4-19-17-26-25(28-24(19)23)27-20-5-3-6-21(16-20)29-12-14-30(31)15-13-29/h2-11,16-17,31H,12-15H2,1H3,(H,26,27,28). The molecule has 32 heavy (non-hydrogen) atoms. The highest BCUT2D eigenvalue weighted by molar-refractivity contribution is 5.94. The molecule has 7 nitrogen and oxygen atoms in total. The van der Waals surface area contributed by atoms with Gasteiger partial charge in [0.1, 0.15) is 5.75 Å². The quantitative estimate of drug-likeness (QED) is 0.484. The van der Waals surface area contributed by atoms with E-state index in [2.05, 4.69) is 33.4 Å². The number of aromatic nitrogens is 2. The minimum atomic E-state index is 0.552. The number of piperazine rings is 1. The lowest BCUT2D eigenvalue weighted by Gasteiger charge is -2.33. The monoisotopic (exact) mass is 427 g/mol. The van der Waals surface area contributed by atoms with Crippen LogP contribution in [0.2, 0.25) is 0 Å². The molecule has 2 heterocycles. The molecule has 1 aliphatic rings. The van der Waals surface area contributed by atoms with Crippen LogP contribution in [0.3, 0.4) is 0 Å². The third kappa shape index (κ3) is 4.21. The SMILES string of the molecule is COc1ccc(-c2cccc3cnc(Nc4cccc(N5CCN(O)CC5)c4)nc23)cc1. The predicted molar refractivity (Wildman–Crippen MR) is 127 cm³/mol. The number of nitrogens with zero attached hydrogens (tertiary/aromatic N) is 4. The van der Waals surface area contributed by atoms with E-state index in [9.17, 15) is 5.21 Å². The summed E-state index contributed by atoms with van der Waals surface area (Å²) in [7, 11) is 1.67. The second kappa shape index (κ2) is 8.82. The molecule has 0 bridgehead atoms. The minimum Gasteiger partial charge on any atom is -0.497 e. The van der Waals surface area contributed by atoms with Crippen molar-refractivity contribution in [2.45, 2.75) is 0 Å². The first-order chi connectivity index (χ1) is 15.7. The van der Waals surface area contributed by atoms with Crippen molar-refractivity contribution in [3.8, 4) is 16.9 Å². The number of fused-ring (bicyclic) bond motifs is 1. The van der Waals surface area contributed by atoms with Crippen LogP contribution in [0.1, 0.15) is 0 Å². The maximum atomic E-state index is 9.61. The van der Waals surface area contributed by atoms with E-state index in [1.165, 1.54) is 5.06 Å². The lowest BCUT2D eigenvalue weighted by molar-refractivity contribution is -0.0935. The van der Waals surface area contributed by atoms with Gasteiger partial charge in [-0.05, 0) is 35.9 Å². The topological polar surface area (TPSA) is 73.8 Å². The number of ether oxygens (including phenoxy) is 1. The first-order valence-electron chi connectivity index (χ1n) is 10.7. The van der Waals surface area contributed by atoms with E-state index in [1.54, 1.807) is 7.11 Å². The summed E-state index contributed by atoms with van der Waals surface area (Å²) in [6.07, 6.45) is 1.85. The molecule has 162 valence electrons. The molecule has 0 atom stereocenters. The molecule has 0 unspecified atom stereocenters. The number of hydroxylamine groups is 2. The number of rotatable bonds is 5. The molecule has 3 aromatic carbocycles. The molecule has 1 aliphatic heterocycles. The molecule has 7 heteroatoms. The van der Waals surface area contributed by atoms with E-state index in [1.807, 2.05) is 54.7 Å². The molecule has 1 fully saturated rings. The van der Waals surface area contributed by atoms with Crippen molar-refractivity contribution in [1.82, 2.24) is 15.0 Å². The van der Waals surface area contributed by atoms with Crippen LogP contribution in [0.4, 0.5) is 17.3 Å². The highest BCUT2D eigenvalue weighted by Crippen LogP contribution is 2.30. The normalized spacial score (nSPS) is 14.5. The third-order valence-corrected chi connectivity index (χ3v) is 5.74. The van der Waals surface area contributed by atoms with Crippen LogP contribution in [0, 0.1) is 0 Å². The third-order valence-electron chi connectivity index (χ3n) is 5.74. The zero-order chi connectivity index (χ0) is 21.9. The number of hydrogen-bond donors (Lipinski definition) is 2. The Morgan fingerprint density at radius 1 is 0.938 bits per heavy atom. The lowest BCUT2D eigenvalue weighted by Crippen LogP contribution is -2.44. The van der Waals surface area contributed by atoms with E-state index >= 15 is 0 Å². The Hall–Kier alpha value is -3.68. The Labute approximate surface area is 186 Å². The zero-order valence-corrected chi connectivity index (χ0v) is 17.9. The van der Waals surface area contributed by atoms with Gasteiger partial charge in [-0.25, -0.2) is 9.97 Å². The van der Waals surface area contributed by atoms with Gasteiger partial charge in [0.15, 0.2) is 0 Å². The van der Waals surface area contributed by atoms with Crippen LogP contribution in [-0.2, 0) is 0 Å². The predicted octanol–water partition coefficient (Wildman–Crippen LogP) is 4.56. The zero-order valence-electron chi connectivity index (χ0n) is 17.9. The largest absolute Gasteiger partial charge is 0.497 e. The van der Waals surface area contributed by atoms with Crippen molar-refractivity contribution >= 4 is 28.2 Å². The first-order valence-corrected chi connectivity index (χ1v) is 10.7. The number of benzene rings is 3. The first kappa shape index (κ1) is 20.2. The van der Waals surface area contributed by atoms with Crippen molar-refractivity contribution in [2.24, 2.45) is 0 Å². The van der Waals surface area contributed by atoms with Gasteiger partial charge in [-0.2, -0.15) is 5.06 Å². The summed E-state index contributed by atoms with van der Waals surface area (Å²) in [5, 5.41) is 15.3. The number of nitrogens with one attached hydrogen (secondary N) is 1. The van der Waals surface area contributed by atoms with Gasteiger partial charge in [0.05, 0.1) is 12.6 Å². The van der Waals surface area contributed by atoms with E-state index < -0.39 is 0 Å². The van der Waals surface area contributed by atoms with Crippen LogP contribution in [0.25, 0.3) is 22.0 Å². The fourth-order valence-electron chi connectivity index (χ4n) is 3.98. The van der Waals surface area contributed by atoms with Crippen LogP contribution < -0.4 is 15.0 Å². The molecule has 1 aromatic heterocycles. The molecule has 0 aliphatic carbocycles. The molecule has 2 N–H and O–H groups in total. The Kier molecular flexibility index (Phi) is 5.58. The van der Waals surface area contributed by atoms with Crippen molar-refractivity contribution in [3.05, 3.63) is 72.9 Å². The van der Waals surface area contributed by atoms with Gasteiger partial charge in [0.2, 0.25) is 5.95 Å². The van der Waals surface area contributed by atoms with E-state index in [-0.39, 0.29) is 0 Å². The maximum absolute atomic E-state index is 9.61. The van der Waals surface area contributed by atoms with Crippen molar-refractivity contribution in [2.75, 3.05) is 43.5 Å². The Morgan fingerprint density at radius 3 is 2.50 bits per heavy atom. The summed E-state index contributed by atoms with van der Waals surface area (Å²) >= 11 is 0. The maximum Gasteiger partial charge on any atom is 0.227 e. The molecule has 0 saturated carbocycles. The minimum absolute atomic E-state index is 0.552. The van der Waals surface area contributed by atoms with Gasteiger partial charge in [-0.15, -0.1) is 0 Å². The molecular weight excluding hydrogens is 402 g/mol. The number of hydrogen-bond acceptors (Lipinski definition) is 7. The molecule has 5 rings (SSSR count). The van der Waals surface area contributed by atoms with Crippen LogP contribution in [0.5, 0.6) is 5.75 Å². The van der Waals surface area contributed by atoms with Gasteiger partial charge < -0.3 is 20.2 Å². The summed E-state index contributed by atoms with van der Waals surface area (Å²) < 4.78 is 5.28. The van der Waals surface area contributed by atoms with Gasteiger partial charge in [0.25, 0.3) is 0 Å². The Balaban J connectivity index is 1.43. The molecule has 4 aromatic rings. The van der Waals surface area contributed by atoms with Crippen molar-refractivity contribution in [3.63, 3.8) is 0 Å². The second-order valence-corrected chi connectivity index (χ2v) is 7.78. The summed E-state index contributed by atoms with van der Waals surface area (Å²) in [6.45, 7) is 2.86. The molecular formula is C25H25N5O2. The van der Waals surface area contributed by atoms with E-state index in [0.717, 1.165) is 52.2 Å². The Morgan fingerprint density at radius 2 is 1.72 bits per heavy atom. The second-order valence-electron chi connectivity index (χ2n) is 7.78. The highest BCUT2D eigenvalue weighted by atomic mass is 16.5. The van der Waals surface area contributed by atoms with Gasteiger partial charge in [-0.3, -0.25) is 0 Å². The number of para-hydroxylation sites is 1. The van der Waals surface area contributed by atoms with Crippen molar-refractivity contribution in [1.29, 1.82) is 0 Å². The van der Waals surface area contributed by atoms with Crippen LogP contribution >= 0.6 is 0 Å². The summed E-state index contributed by atoms with van der Waals surface area (Å²) in [6, 6.07) is 22.3. The van der Waals surface area contributed by atoms with Crippen LogP contribution in [0.15, 0.2) is 72.9 Å². The van der Waals surface area contributed by atoms with Gasteiger partial charge in [-0.1, -0.05) is 36.4 Å². The summed E-state index contributed by atoms with van der Waals surface area (Å²) in [4.78, 5) is 11.6. The molecule has 0 spiro atoms. The van der Waals surface area contributed by atoms with Gasteiger partial charge >= 0.3 is 0 Å². The fraction of sp³-hybridized carbons (Fsp3) is 0.200. The van der Waals surface area contributed by atoms with E-state index in [4.69, 9.17) is 9.72 Å². The smallest absolute Gasteiger partial charge is 0.227 e. The number of anilines is 3. The fourth-order valence-corrected chi connectivity index (χ4v) is 3.98. The molecule has 0 radical (unpaired) electrons. The summed E-state index contributed by atoms with van der Waals surface area (Å²) in [5.74, 6) is 1.38. The average molecular weight is 428 g/mol. The highest BCUT2D eigenvalue weighted by Gasteiger charge is 2.16. The van der Waals surface area contributed by atoms with Crippen molar-refractivity contribution < 1.29 is 9.94 Å². The average Bonchev–Trinajstić information content (AvgIpc) is 2.84. The Bertz CT molecular complexity index is 1220. The van der Waals surface area contributed by atoms with E-state index in [0.29, 0.717) is 19.0 Å². The van der Waals surface area contributed by atoms with Gasteiger partial charge in [0, 0.05) is 54.7 Å². The number of methoxy groups -OCH3 is 1. The lowest BCUT2D eigenvalue weighted by atomic mass is 10.0. The molecule has 1 saturated heterocycles. The molecule has 0 amide bonds. The summed E-state index contributed by atoms with van der Waals surface area (Å²) in [5.41, 5.74) is 5.06.